The summed E-state index contributed by atoms with van der Waals surface area (Å²) in [6.45, 7) is 3.55. The molecule has 0 aliphatic rings. The van der Waals surface area contributed by atoms with Crippen molar-refractivity contribution in [2.75, 3.05) is 7.11 Å². The summed E-state index contributed by atoms with van der Waals surface area (Å²) in [6, 6.07) is 25.9. The molecule has 10 heteroatoms. The number of esters is 1. The van der Waals surface area contributed by atoms with Gasteiger partial charge in [0.1, 0.15) is 23.9 Å². The van der Waals surface area contributed by atoms with Gasteiger partial charge in [-0.05, 0) is 87.9 Å². The second-order valence-corrected chi connectivity index (χ2v) is 10.3. The number of rotatable bonds is 8. The predicted molar refractivity (Wildman–Crippen MR) is 162 cm³/mol. The molecule has 0 bridgehead atoms. The summed E-state index contributed by atoms with van der Waals surface area (Å²) in [5, 5.41) is 4.09. The molecule has 0 radical (unpaired) electrons. The minimum atomic E-state index is -0.952. The Morgan fingerprint density at radius 3 is 2.31 bits per heavy atom. The number of nitrogens with one attached hydrogen (secondary N) is 1. The third-order valence-electron chi connectivity index (χ3n) is 6.52. The Morgan fingerprint density at radius 2 is 1.62 bits per heavy atom. The van der Waals surface area contributed by atoms with Gasteiger partial charge in [-0.15, -0.1) is 0 Å². The van der Waals surface area contributed by atoms with Crippen molar-refractivity contribution in [1.29, 1.82) is 0 Å². The molecule has 212 valence electrons. The molecule has 9 nitrogen and oxygen atoms in total. The van der Waals surface area contributed by atoms with Crippen molar-refractivity contribution >= 4 is 21.9 Å². The number of H-pyrrole nitrogens is 1. The highest BCUT2D eigenvalue weighted by atomic mass is 79.9. The minimum absolute atomic E-state index is 0.0874. The van der Waals surface area contributed by atoms with Gasteiger partial charge in [-0.2, -0.15) is 9.78 Å². The molecule has 0 saturated carbocycles. The molecular formula is C32H26BrN3O6. The number of aromatic nitrogens is 3. The van der Waals surface area contributed by atoms with E-state index < -0.39 is 22.9 Å². The minimum Gasteiger partial charge on any atom is -0.496 e. The van der Waals surface area contributed by atoms with Gasteiger partial charge in [-0.25, -0.2) is 9.59 Å². The van der Waals surface area contributed by atoms with Crippen molar-refractivity contribution < 1.29 is 19.0 Å². The number of nitrogens with zero attached hydrogens (tertiary/aromatic N) is 2. The van der Waals surface area contributed by atoms with E-state index in [0.29, 0.717) is 34.1 Å². The van der Waals surface area contributed by atoms with E-state index in [9.17, 15) is 14.4 Å². The molecule has 0 fully saturated rings. The number of aryl methyl sites for hydroxylation is 2. The normalized spacial score (nSPS) is 10.8. The molecule has 0 unspecified atom stereocenters. The Morgan fingerprint density at radius 1 is 0.929 bits per heavy atom. The zero-order chi connectivity index (χ0) is 29.8. The van der Waals surface area contributed by atoms with E-state index in [4.69, 9.17) is 14.2 Å². The summed E-state index contributed by atoms with van der Waals surface area (Å²) in [7, 11) is 1.58. The fourth-order valence-electron chi connectivity index (χ4n) is 4.50. The highest BCUT2D eigenvalue weighted by Gasteiger charge is 2.20. The largest absolute Gasteiger partial charge is 0.496 e. The molecule has 0 amide bonds. The van der Waals surface area contributed by atoms with E-state index in [0.717, 1.165) is 25.8 Å². The van der Waals surface area contributed by atoms with Crippen LogP contribution in [0, 0.1) is 13.8 Å². The van der Waals surface area contributed by atoms with Crippen molar-refractivity contribution in [3.8, 4) is 34.1 Å². The Bertz CT molecular complexity index is 1880. The van der Waals surface area contributed by atoms with Crippen LogP contribution >= 0.6 is 15.9 Å². The van der Waals surface area contributed by atoms with Gasteiger partial charge in [0, 0.05) is 0 Å². The SMILES string of the molecule is COc1ccc(Oc2c(C)cc(-n3nc(C(=O)OCc4ccccc4-c4ccccc4)c(=O)[nH]c3=O)cc2C)cc1Br. The molecule has 5 rings (SSSR count). The molecule has 0 aliphatic carbocycles. The number of aromatic amines is 1. The van der Waals surface area contributed by atoms with Crippen LogP contribution in [-0.2, 0) is 11.3 Å². The first-order valence-corrected chi connectivity index (χ1v) is 13.7. The maximum absolute atomic E-state index is 13.0. The summed E-state index contributed by atoms with van der Waals surface area (Å²) in [4.78, 5) is 40.5. The lowest BCUT2D eigenvalue weighted by Crippen LogP contribution is -2.36. The Hall–Kier alpha value is -4.96. The van der Waals surface area contributed by atoms with E-state index in [-0.39, 0.29) is 6.61 Å². The van der Waals surface area contributed by atoms with Crippen LogP contribution in [0.2, 0.25) is 0 Å². The van der Waals surface area contributed by atoms with Gasteiger partial charge in [-0.3, -0.25) is 9.78 Å². The van der Waals surface area contributed by atoms with Crippen LogP contribution in [0.15, 0.2) is 99.0 Å². The lowest BCUT2D eigenvalue weighted by atomic mass is 10.0. The van der Waals surface area contributed by atoms with E-state index in [1.807, 2.05) is 68.4 Å². The first-order valence-electron chi connectivity index (χ1n) is 12.9. The van der Waals surface area contributed by atoms with Gasteiger partial charge in [0.2, 0.25) is 5.69 Å². The maximum Gasteiger partial charge on any atom is 0.364 e. The standard InChI is InChI=1S/C32H26BrN3O6/c1-19-15-23(16-20(2)29(19)42-24-13-14-27(40-3)26(33)17-24)36-32(39)34-30(37)28(35-36)31(38)41-18-22-11-7-8-12-25(22)21-9-5-4-6-10-21/h4-17H,18H2,1-3H3,(H,34,37,39). The van der Waals surface area contributed by atoms with Crippen LogP contribution in [0.1, 0.15) is 27.2 Å². The molecule has 1 aromatic heterocycles. The van der Waals surface area contributed by atoms with E-state index >= 15 is 0 Å². The molecule has 1 N–H and O–H groups in total. The second kappa shape index (κ2) is 12.3. The van der Waals surface area contributed by atoms with Crippen molar-refractivity contribution in [1.82, 2.24) is 14.8 Å². The average Bonchev–Trinajstić information content (AvgIpc) is 2.98. The van der Waals surface area contributed by atoms with Crippen molar-refractivity contribution in [2.24, 2.45) is 0 Å². The van der Waals surface area contributed by atoms with Crippen LogP contribution in [0.4, 0.5) is 0 Å². The number of carbonyl (C=O) groups excluding carboxylic acids is 1. The third kappa shape index (κ3) is 6.03. The third-order valence-corrected chi connectivity index (χ3v) is 7.13. The van der Waals surface area contributed by atoms with Gasteiger partial charge in [0.15, 0.2) is 0 Å². The Labute approximate surface area is 249 Å². The fourth-order valence-corrected chi connectivity index (χ4v) is 5.02. The number of hydrogen-bond acceptors (Lipinski definition) is 7. The monoisotopic (exact) mass is 627 g/mol. The molecule has 0 saturated heterocycles. The van der Waals surface area contributed by atoms with Gasteiger partial charge >= 0.3 is 11.7 Å². The van der Waals surface area contributed by atoms with Crippen LogP contribution in [0.5, 0.6) is 17.2 Å². The summed E-state index contributed by atoms with van der Waals surface area (Å²) in [5.41, 5.74) is 2.11. The number of hydrogen-bond donors (Lipinski definition) is 1. The van der Waals surface area contributed by atoms with Gasteiger partial charge in [0.25, 0.3) is 5.56 Å². The van der Waals surface area contributed by atoms with Crippen LogP contribution < -0.4 is 20.7 Å². The zero-order valence-corrected chi connectivity index (χ0v) is 24.6. The van der Waals surface area contributed by atoms with Gasteiger partial charge in [-0.1, -0.05) is 54.6 Å². The predicted octanol–water partition coefficient (Wildman–Crippen LogP) is 6.13. The molecule has 1 heterocycles. The van der Waals surface area contributed by atoms with Crippen LogP contribution in [0.3, 0.4) is 0 Å². The molecule has 4 aromatic carbocycles. The lowest BCUT2D eigenvalue weighted by Gasteiger charge is -2.15. The summed E-state index contributed by atoms with van der Waals surface area (Å²) < 4.78 is 18.6. The fraction of sp³-hybridized carbons (Fsp3) is 0.125. The molecule has 0 aliphatic heterocycles. The first kappa shape index (κ1) is 28.6. The van der Waals surface area contributed by atoms with E-state index in [1.165, 1.54) is 0 Å². The van der Waals surface area contributed by atoms with Crippen molar-refractivity contribution in [3.63, 3.8) is 0 Å². The number of carbonyl (C=O) groups is 1. The van der Waals surface area contributed by atoms with E-state index in [1.54, 1.807) is 37.4 Å². The van der Waals surface area contributed by atoms with Crippen LogP contribution in [0.25, 0.3) is 16.8 Å². The quantitative estimate of drug-likeness (QED) is 0.206. The molecular weight excluding hydrogens is 602 g/mol. The summed E-state index contributed by atoms with van der Waals surface area (Å²) in [5.74, 6) is 0.889. The lowest BCUT2D eigenvalue weighted by molar-refractivity contribution is 0.0461. The van der Waals surface area contributed by atoms with Crippen molar-refractivity contribution in [3.05, 3.63) is 133 Å². The number of methoxy groups -OCH3 is 1. The first-order chi connectivity index (χ1) is 20.2. The maximum atomic E-state index is 13.0. The second-order valence-electron chi connectivity index (χ2n) is 9.43. The zero-order valence-electron chi connectivity index (χ0n) is 23.0. The molecule has 42 heavy (non-hydrogen) atoms. The van der Waals surface area contributed by atoms with Crippen molar-refractivity contribution in [2.45, 2.75) is 20.5 Å². The van der Waals surface area contributed by atoms with Crippen LogP contribution in [-0.4, -0.2) is 27.8 Å². The molecule has 5 aromatic rings. The average molecular weight is 628 g/mol. The Balaban J connectivity index is 1.40. The Kier molecular flexibility index (Phi) is 8.35. The highest BCUT2D eigenvalue weighted by molar-refractivity contribution is 9.10. The van der Waals surface area contributed by atoms with E-state index in [2.05, 4.69) is 26.0 Å². The highest BCUT2D eigenvalue weighted by Crippen LogP contribution is 2.34. The summed E-state index contributed by atoms with van der Waals surface area (Å²) >= 11 is 3.45. The summed E-state index contributed by atoms with van der Waals surface area (Å²) in [6.07, 6.45) is 0. The smallest absolute Gasteiger partial charge is 0.364 e. The molecule has 0 spiro atoms. The topological polar surface area (TPSA) is 113 Å². The number of halogens is 1. The molecule has 0 atom stereocenters. The van der Waals surface area contributed by atoms with Gasteiger partial charge < -0.3 is 14.2 Å². The van der Waals surface area contributed by atoms with Gasteiger partial charge in [0.05, 0.1) is 17.3 Å². The number of benzene rings is 4. The number of ether oxygens (including phenoxy) is 3.